The molecule has 0 aromatic heterocycles. The van der Waals surface area contributed by atoms with Crippen LogP contribution in [0.3, 0.4) is 0 Å². The summed E-state index contributed by atoms with van der Waals surface area (Å²) in [5, 5.41) is 16.4. The van der Waals surface area contributed by atoms with Gasteiger partial charge in [0.2, 0.25) is 0 Å². The Hall–Kier alpha value is -1.06. The molecule has 0 aromatic rings. The highest BCUT2D eigenvalue weighted by atomic mass is 16.4. The summed E-state index contributed by atoms with van der Waals surface area (Å²) in [4.78, 5) is 19.9. The molecular formula is C11H22O4. The molecule has 4 heteroatoms. The van der Waals surface area contributed by atoms with E-state index >= 15 is 0 Å². The standard InChI is InChI=1S/C6H12O2.C5H10O2/c1-2-3-4-5-6(7)8;1-5(2,3)4(6)7/h2-5H2,1H3,(H,7,8);1-3H3,(H,6,7). The summed E-state index contributed by atoms with van der Waals surface area (Å²) in [5.74, 6) is -1.44. The van der Waals surface area contributed by atoms with Crippen molar-refractivity contribution in [3.05, 3.63) is 0 Å². The first-order chi connectivity index (χ1) is 6.71. The molecule has 4 nitrogen and oxygen atoms in total. The zero-order valence-electron chi connectivity index (χ0n) is 10.0. The fourth-order valence-electron chi connectivity index (χ4n) is 0.526. The van der Waals surface area contributed by atoms with E-state index in [0.29, 0.717) is 6.42 Å². The van der Waals surface area contributed by atoms with Crippen molar-refractivity contribution in [1.29, 1.82) is 0 Å². The Balaban J connectivity index is 0. The van der Waals surface area contributed by atoms with Crippen molar-refractivity contribution >= 4 is 11.9 Å². The first-order valence-electron chi connectivity index (χ1n) is 5.17. The van der Waals surface area contributed by atoms with Gasteiger partial charge in [0.05, 0.1) is 5.41 Å². The average molecular weight is 218 g/mol. The SMILES string of the molecule is CC(C)(C)C(=O)O.CCCCCC(=O)O. The van der Waals surface area contributed by atoms with Gasteiger partial charge in [-0.1, -0.05) is 19.8 Å². The Bertz CT molecular complexity index is 191. The lowest BCUT2D eigenvalue weighted by Crippen LogP contribution is -2.18. The number of hydrogen-bond acceptors (Lipinski definition) is 2. The van der Waals surface area contributed by atoms with Crippen LogP contribution in [-0.4, -0.2) is 22.2 Å². The second-order valence-electron chi connectivity index (χ2n) is 4.41. The highest BCUT2D eigenvalue weighted by molar-refractivity contribution is 5.72. The molecule has 0 atom stereocenters. The molecule has 0 radical (unpaired) electrons. The number of carbonyl (C=O) groups is 2. The maximum atomic E-state index is 10.0. The molecule has 0 amide bonds. The number of hydrogen-bond donors (Lipinski definition) is 2. The van der Waals surface area contributed by atoms with Crippen LogP contribution in [0.15, 0.2) is 0 Å². The Kier molecular flexibility index (Phi) is 9.02. The van der Waals surface area contributed by atoms with Gasteiger partial charge >= 0.3 is 11.9 Å². The van der Waals surface area contributed by atoms with E-state index < -0.39 is 17.4 Å². The smallest absolute Gasteiger partial charge is 0.308 e. The third kappa shape index (κ3) is 15.7. The van der Waals surface area contributed by atoms with Crippen LogP contribution in [0.4, 0.5) is 0 Å². The van der Waals surface area contributed by atoms with Gasteiger partial charge in [-0.3, -0.25) is 9.59 Å². The van der Waals surface area contributed by atoms with E-state index in [9.17, 15) is 9.59 Å². The van der Waals surface area contributed by atoms with E-state index in [4.69, 9.17) is 10.2 Å². The zero-order chi connectivity index (χ0) is 12.5. The average Bonchev–Trinajstić information content (AvgIpc) is 2.03. The van der Waals surface area contributed by atoms with Crippen LogP contribution in [0, 0.1) is 5.41 Å². The number of carboxylic acids is 2. The van der Waals surface area contributed by atoms with Crippen LogP contribution >= 0.6 is 0 Å². The second kappa shape index (κ2) is 8.26. The van der Waals surface area contributed by atoms with Gasteiger partial charge in [0.15, 0.2) is 0 Å². The van der Waals surface area contributed by atoms with Crippen molar-refractivity contribution in [3.63, 3.8) is 0 Å². The minimum absolute atomic E-state index is 0.327. The molecule has 15 heavy (non-hydrogen) atoms. The third-order valence-corrected chi connectivity index (χ3v) is 1.64. The van der Waals surface area contributed by atoms with Crippen molar-refractivity contribution in [3.8, 4) is 0 Å². The molecular weight excluding hydrogens is 196 g/mol. The van der Waals surface area contributed by atoms with E-state index in [-0.39, 0.29) is 0 Å². The number of rotatable bonds is 4. The van der Waals surface area contributed by atoms with E-state index in [2.05, 4.69) is 6.92 Å². The molecule has 0 aliphatic rings. The molecule has 0 rings (SSSR count). The summed E-state index contributed by atoms with van der Waals surface area (Å²) in [5.41, 5.74) is -0.583. The summed E-state index contributed by atoms with van der Waals surface area (Å²) in [6.45, 7) is 7.04. The first kappa shape index (κ1) is 16.4. The molecule has 0 saturated carbocycles. The monoisotopic (exact) mass is 218 g/mol. The maximum absolute atomic E-state index is 10.0. The molecule has 2 N–H and O–H groups in total. The summed E-state index contributed by atoms with van der Waals surface area (Å²) < 4.78 is 0. The summed E-state index contributed by atoms with van der Waals surface area (Å²) >= 11 is 0. The Morgan fingerprint density at radius 1 is 1.07 bits per heavy atom. The minimum Gasteiger partial charge on any atom is -0.481 e. The quantitative estimate of drug-likeness (QED) is 0.711. The normalized spacial score (nSPS) is 10.1. The Labute approximate surface area is 91.3 Å². The summed E-state index contributed by atoms with van der Waals surface area (Å²) in [6, 6.07) is 0. The summed E-state index contributed by atoms with van der Waals surface area (Å²) in [7, 11) is 0. The lowest BCUT2D eigenvalue weighted by molar-refractivity contribution is -0.145. The van der Waals surface area contributed by atoms with Crippen molar-refractivity contribution in [2.24, 2.45) is 5.41 Å². The third-order valence-electron chi connectivity index (χ3n) is 1.64. The van der Waals surface area contributed by atoms with Gasteiger partial charge in [0, 0.05) is 6.42 Å². The van der Waals surface area contributed by atoms with Gasteiger partial charge < -0.3 is 10.2 Å². The molecule has 0 bridgehead atoms. The van der Waals surface area contributed by atoms with Crippen molar-refractivity contribution in [2.75, 3.05) is 0 Å². The van der Waals surface area contributed by atoms with E-state index in [0.717, 1.165) is 19.3 Å². The van der Waals surface area contributed by atoms with Gasteiger partial charge in [0.25, 0.3) is 0 Å². The second-order valence-corrected chi connectivity index (χ2v) is 4.41. The molecule has 0 unspecified atom stereocenters. The molecule has 0 fully saturated rings. The van der Waals surface area contributed by atoms with Gasteiger partial charge in [-0.05, 0) is 27.2 Å². The van der Waals surface area contributed by atoms with Gasteiger partial charge in [-0.2, -0.15) is 0 Å². The van der Waals surface area contributed by atoms with Crippen molar-refractivity contribution < 1.29 is 19.8 Å². The lowest BCUT2D eigenvalue weighted by Gasteiger charge is -2.08. The van der Waals surface area contributed by atoms with Crippen LogP contribution in [0.25, 0.3) is 0 Å². The van der Waals surface area contributed by atoms with Gasteiger partial charge in [0.1, 0.15) is 0 Å². The zero-order valence-corrected chi connectivity index (χ0v) is 10.0. The number of carboxylic acid groups (broad SMARTS) is 2. The van der Waals surface area contributed by atoms with Crippen LogP contribution in [-0.2, 0) is 9.59 Å². The number of unbranched alkanes of at least 4 members (excludes halogenated alkanes) is 2. The molecule has 0 aliphatic carbocycles. The Morgan fingerprint density at radius 3 is 1.67 bits per heavy atom. The fraction of sp³-hybridized carbons (Fsp3) is 0.818. The Morgan fingerprint density at radius 2 is 1.47 bits per heavy atom. The minimum atomic E-state index is -0.757. The van der Waals surface area contributed by atoms with E-state index in [1.807, 2.05) is 0 Å². The van der Waals surface area contributed by atoms with Crippen LogP contribution in [0.2, 0.25) is 0 Å². The topological polar surface area (TPSA) is 74.6 Å². The lowest BCUT2D eigenvalue weighted by atomic mass is 9.98. The summed E-state index contributed by atoms with van der Waals surface area (Å²) in [6.07, 6.45) is 3.28. The van der Waals surface area contributed by atoms with E-state index in [1.54, 1.807) is 20.8 Å². The molecule has 0 aliphatic heterocycles. The molecule has 0 aromatic carbocycles. The van der Waals surface area contributed by atoms with Crippen molar-refractivity contribution in [1.82, 2.24) is 0 Å². The highest BCUT2D eigenvalue weighted by Crippen LogP contribution is 2.11. The fourth-order valence-corrected chi connectivity index (χ4v) is 0.526. The maximum Gasteiger partial charge on any atom is 0.308 e. The highest BCUT2D eigenvalue weighted by Gasteiger charge is 2.18. The number of aliphatic carboxylic acids is 2. The van der Waals surface area contributed by atoms with Crippen LogP contribution in [0.5, 0.6) is 0 Å². The molecule has 0 heterocycles. The molecule has 90 valence electrons. The molecule has 0 spiro atoms. The van der Waals surface area contributed by atoms with Crippen LogP contribution in [0.1, 0.15) is 53.4 Å². The van der Waals surface area contributed by atoms with Crippen LogP contribution < -0.4 is 0 Å². The van der Waals surface area contributed by atoms with E-state index in [1.165, 1.54) is 0 Å². The predicted octanol–water partition coefficient (Wildman–Crippen LogP) is 2.77. The van der Waals surface area contributed by atoms with Gasteiger partial charge in [-0.25, -0.2) is 0 Å². The predicted molar refractivity (Wildman–Crippen MR) is 58.9 cm³/mol. The molecule has 0 saturated heterocycles. The largest absolute Gasteiger partial charge is 0.481 e. The van der Waals surface area contributed by atoms with Crippen molar-refractivity contribution in [2.45, 2.75) is 53.4 Å². The first-order valence-corrected chi connectivity index (χ1v) is 5.17. The van der Waals surface area contributed by atoms with Gasteiger partial charge in [-0.15, -0.1) is 0 Å².